The van der Waals surface area contributed by atoms with E-state index in [9.17, 15) is 19.2 Å². The van der Waals surface area contributed by atoms with Crippen LogP contribution in [0.1, 0.15) is 32.6 Å². The molecule has 3 amide bonds. The third-order valence-electron chi connectivity index (χ3n) is 5.33. The van der Waals surface area contributed by atoms with Gasteiger partial charge in [-0.3, -0.25) is 19.3 Å². The van der Waals surface area contributed by atoms with Crippen molar-refractivity contribution >= 4 is 29.4 Å². The number of methoxy groups -OCH3 is 1. The van der Waals surface area contributed by atoms with E-state index in [0.717, 1.165) is 17.7 Å². The predicted molar refractivity (Wildman–Crippen MR) is 99.3 cm³/mol. The first-order chi connectivity index (χ1) is 13.4. The number of hydrogen-bond donors (Lipinski definition) is 1. The van der Waals surface area contributed by atoms with Crippen molar-refractivity contribution < 1.29 is 28.7 Å². The van der Waals surface area contributed by atoms with Crippen LogP contribution in [0.25, 0.3) is 0 Å². The van der Waals surface area contributed by atoms with Gasteiger partial charge in [-0.05, 0) is 31.9 Å². The van der Waals surface area contributed by atoms with E-state index in [1.165, 1.54) is 14.0 Å². The number of benzene rings is 1. The summed E-state index contributed by atoms with van der Waals surface area (Å²) in [5.41, 5.74) is 0.452. The molecule has 0 bridgehead atoms. The number of ether oxygens (including phenoxy) is 2. The van der Waals surface area contributed by atoms with Crippen LogP contribution in [0.15, 0.2) is 24.3 Å². The van der Waals surface area contributed by atoms with Crippen molar-refractivity contribution in [1.82, 2.24) is 4.90 Å². The Balaban J connectivity index is 1.56. The fourth-order valence-corrected chi connectivity index (χ4v) is 3.87. The molecule has 28 heavy (non-hydrogen) atoms. The van der Waals surface area contributed by atoms with Crippen LogP contribution < -0.4 is 10.1 Å². The molecule has 1 aliphatic heterocycles. The number of fused-ring (bicyclic) bond motifs is 1. The van der Waals surface area contributed by atoms with E-state index in [0.29, 0.717) is 24.3 Å². The molecule has 1 saturated heterocycles. The number of rotatable bonds is 6. The monoisotopic (exact) mass is 388 g/mol. The summed E-state index contributed by atoms with van der Waals surface area (Å²) >= 11 is 0. The van der Waals surface area contributed by atoms with E-state index in [2.05, 4.69) is 5.32 Å². The first-order valence-electron chi connectivity index (χ1n) is 9.40. The molecule has 1 aromatic rings. The van der Waals surface area contributed by atoms with Crippen LogP contribution in [0.4, 0.5) is 5.69 Å². The Kier molecular flexibility index (Phi) is 5.96. The van der Waals surface area contributed by atoms with Gasteiger partial charge in [0.25, 0.3) is 5.91 Å². The third-order valence-corrected chi connectivity index (χ3v) is 5.33. The smallest absolute Gasteiger partial charge is 0.329 e. The average Bonchev–Trinajstić information content (AvgIpc) is 2.96. The minimum absolute atomic E-state index is 0.308. The number of para-hydroxylation sites is 2. The Morgan fingerprint density at radius 1 is 1.14 bits per heavy atom. The molecule has 8 nitrogen and oxygen atoms in total. The van der Waals surface area contributed by atoms with Crippen LogP contribution in [-0.2, 0) is 23.9 Å². The number of imide groups is 1. The maximum atomic E-state index is 12.6. The molecule has 1 aromatic carbocycles. The Hall–Kier alpha value is -2.90. The Bertz CT molecular complexity index is 769. The van der Waals surface area contributed by atoms with Gasteiger partial charge in [-0.1, -0.05) is 25.0 Å². The van der Waals surface area contributed by atoms with Gasteiger partial charge in [0.1, 0.15) is 11.8 Å². The number of nitrogens with zero attached hydrogens (tertiary/aromatic N) is 1. The average molecular weight is 388 g/mol. The van der Waals surface area contributed by atoms with Gasteiger partial charge in [-0.2, -0.15) is 0 Å². The van der Waals surface area contributed by atoms with Crippen LogP contribution in [0.3, 0.4) is 0 Å². The highest BCUT2D eigenvalue weighted by atomic mass is 16.5. The summed E-state index contributed by atoms with van der Waals surface area (Å²) in [6.07, 6.45) is 3.18. The van der Waals surface area contributed by atoms with Gasteiger partial charge in [0, 0.05) is 0 Å². The summed E-state index contributed by atoms with van der Waals surface area (Å²) in [7, 11) is 1.48. The van der Waals surface area contributed by atoms with Crippen molar-refractivity contribution in [2.24, 2.45) is 11.8 Å². The van der Waals surface area contributed by atoms with Gasteiger partial charge in [0.05, 0.1) is 24.6 Å². The second kappa shape index (κ2) is 8.41. The standard InChI is InChI=1S/C20H24N2O6/c1-12(22-18(24)13-7-3-4-8-14(13)19(22)25)20(26)28-11-17(23)21-15-9-5-6-10-16(15)27-2/h5-6,9-10,12-14H,3-4,7-8,11H2,1-2H3,(H,21,23)/t12-,13+,14+/m0/s1. The van der Waals surface area contributed by atoms with Crippen LogP contribution >= 0.6 is 0 Å². The van der Waals surface area contributed by atoms with Gasteiger partial charge < -0.3 is 14.8 Å². The van der Waals surface area contributed by atoms with Crippen LogP contribution in [-0.4, -0.2) is 48.3 Å². The Morgan fingerprint density at radius 3 is 2.36 bits per heavy atom. The molecule has 1 heterocycles. The topological polar surface area (TPSA) is 102 Å². The molecular formula is C20H24N2O6. The van der Waals surface area contributed by atoms with E-state index < -0.39 is 24.5 Å². The molecule has 0 unspecified atom stereocenters. The molecule has 1 aliphatic carbocycles. The highest BCUT2D eigenvalue weighted by Crippen LogP contribution is 2.38. The SMILES string of the molecule is COc1ccccc1NC(=O)COC(=O)[C@H](C)N1C(=O)[C@@H]2CCCC[C@H]2C1=O. The molecule has 0 aromatic heterocycles. The van der Waals surface area contributed by atoms with E-state index >= 15 is 0 Å². The van der Waals surface area contributed by atoms with E-state index in [1.807, 2.05) is 0 Å². The highest BCUT2D eigenvalue weighted by molar-refractivity contribution is 6.08. The van der Waals surface area contributed by atoms with Crippen molar-refractivity contribution in [1.29, 1.82) is 0 Å². The molecule has 0 spiro atoms. The third kappa shape index (κ3) is 3.85. The van der Waals surface area contributed by atoms with Crippen LogP contribution in [0.2, 0.25) is 0 Å². The Morgan fingerprint density at radius 2 is 1.75 bits per heavy atom. The Labute approximate surface area is 163 Å². The molecule has 3 rings (SSSR count). The van der Waals surface area contributed by atoms with E-state index in [4.69, 9.17) is 9.47 Å². The molecule has 150 valence electrons. The van der Waals surface area contributed by atoms with Gasteiger partial charge in [0.15, 0.2) is 6.61 Å². The first kappa shape index (κ1) is 19.9. The lowest BCUT2D eigenvalue weighted by Gasteiger charge is -2.21. The zero-order valence-electron chi connectivity index (χ0n) is 16.0. The van der Waals surface area contributed by atoms with Crippen molar-refractivity contribution in [2.75, 3.05) is 19.0 Å². The maximum absolute atomic E-state index is 12.6. The summed E-state index contributed by atoms with van der Waals surface area (Å²) in [4.78, 5) is 50.5. The normalized spacial score (nSPS) is 22.4. The van der Waals surface area contributed by atoms with E-state index in [-0.39, 0.29) is 23.7 Å². The zero-order valence-corrected chi connectivity index (χ0v) is 16.0. The van der Waals surface area contributed by atoms with Crippen molar-refractivity contribution in [2.45, 2.75) is 38.6 Å². The number of nitrogens with one attached hydrogen (secondary N) is 1. The quantitative estimate of drug-likeness (QED) is 0.588. The molecule has 1 N–H and O–H groups in total. The van der Waals surface area contributed by atoms with Crippen molar-refractivity contribution in [3.8, 4) is 5.75 Å². The highest BCUT2D eigenvalue weighted by Gasteiger charge is 2.51. The van der Waals surface area contributed by atoms with Crippen LogP contribution in [0, 0.1) is 11.8 Å². The number of hydrogen-bond acceptors (Lipinski definition) is 6. The summed E-state index contributed by atoms with van der Waals surface area (Å²) in [6, 6.07) is 5.79. The number of likely N-dealkylation sites (tertiary alicyclic amines) is 1. The lowest BCUT2D eigenvalue weighted by molar-refractivity contribution is -0.159. The fourth-order valence-electron chi connectivity index (χ4n) is 3.87. The number of esters is 1. The minimum Gasteiger partial charge on any atom is -0.495 e. The predicted octanol–water partition coefficient (Wildman–Crippen LogP) is 1.74. The molecule has 0 radical (unpaired) electrons. The number of anilines is 1. The summed E-state index contributed by atoms with van der Waals surface area (Å²) in [5.74, 6) is -2.12. The van der Waals surface area contributed by atoms with Gasteiger partial charge in [-0.25, -0.2) is 4.79 Å². The van der Waals surface area contributed by atoms with Gasteiger partial charge in [0.2, 0.25) is 11.8 Å². The largest absolute Gasteiger partial charge is 0.495 e. The number of carbonyl (C=O) groups is 4. The van der Waals surface area contributed by atoms with Crippen LogP contribution in [0.5, 0.6) is 5.75 Å². The molecule has 2 fully saturated rings. The number of amides is 3. The lowest BCUT2D eigenvalue weighted by atomic mass is 9.81. The fraction of sp³-hybridized carbons (Fsp3) is 0.500. The lowest BCUT2D eigenvalue weighted by Crippen LogP contribution is -2.45. The summed E-state index contributed by atoms with van der Waals surface area (Å²) < 4.78 is 10.2. The van der Waals surface area contributed by atoms with E-state index in [1.54, 1.807) is 24.3 Å². The molecule has 2 aliphatic rings. The molecular weight excluding hydrogens is 364 g/mol. The second-order valence-corrected chi connectivity index (χ2v) is 7.08. The van der Waals surface area contributed by atoms with Gasteiger partial charge >= 0.3 is 5.97 Å². The van der Waals surface area contributed by atoms with Crippen molar-refractivity contribution in [3.63, 3.8) is 0 Å². The molecule has 3 atom stereocenters. The summed E-state index contributed by atoms with van der Waals surface area (Å²) in [5, 5.41) is 2.59. The number of carbonyl (C=O) groups excluding carboxylic acids is 4. The summed E-state index contributed by atoms with van der Waals surface area (Å²) in [6.45, 7) is 0.928. The molecule has 1 saturated carbocycles. The first-order valence-corrected chi connectivity index (χ1v) is 9.40. The minimum atomic E-state index is -1.05. The van der Waals surface area contributed by atoms with Crippen molar-refractivity contribution in [3.05, 3.63) is 24.3 Å². The van der Waals surface area contributed by atoms with Gasteiger partial charge in [-0.15, -0.1) is 0 Å². The zero-order chi connectivity index (χ0) is 20.3. The molecule has 8 heteroatoms. The maximum Gasteiger partial charge on any atom is 0.329 e. The second-order valence-electron chi connectivity index (χ2n) is 7.08.